The molecule has 1 aromatic carbocycles. The van der Waals surface area contributed by atoms with Crippen molar-refractivity contribution in [2.75, 3.05) is 33.2 Å². The van der Waals surface area contributed by atoms with Gasteiger partial charge in [0.15, 0.2) is 5.96 Å². The largest absolute Gasteiger partial charge is 0.349 e. The van der Waals surface area contributed by atoms with Gasteiger partial charge in [-0.3, -0.25) is 14.6 Å². The molecule has 24 heavy (non-hydrogen) atoms. The first kappa shape index (κ1) is 16.4. The van der Waals surface area contributed by atoms with Crippen molar-refractivity contribution in [1.29, 1.82) is 0 Å². The van der Waals surface area contributed by atoms with Crippen LogP contribution in [0.5, 0.6) is 0 Å². The predicted octanol–water partition coefficient (Wildman–Crippen LogP) is 0.708. The third kappa shape index (κ3) is 4.11. The summed E-state index contributed by atoms with van der Waals surface area (Å²) in [4.78, 5) is 13.4. The Morgan fingerprint density at radius 1 is 1.17 bits per heavy atom. The molecule has 1 saturated heterocycles. The molecule has 1 aliphatic rings. The van der Waals surface area contributed by atoms with Gasteiger partial charge in [0.25, 0.3) is 0 Å². The highest BCUT2D eigenvalue weighted by Gasteiger charge is 2.19. The van der Waals surface area contributed by atoms with E-state index >= 15 is 0 Å². The van der Waals surface area contributed by atoms with Gasteiger partial charge in [-0.2, -0.15) is 5.10 Å². The van der Waals surface area contributed by atoms with Gasteiger partial charge in [0.2, 0.25) is 0 Å². The van der Waals surface area contributed by atoms with Crippen LogP contribution in [0.1, 0.15) is 11.4 Å². The minimum Gasteiger partial charge on any atom is -0.349 e. The standard InChI is InChI=1S/C17H25N7/c1-18-17(19-12-16-20-14-21-22(16)2)24-10-8-23(9-11-24)13-15-6-4-3-5-7-15/h3-7,14H,8-13H2,1-2H3,(H,18,19). The lowest BCUT2D eigenvalue weighted by atomic mass is 10.2. The van der Waals surface area contributed by atoms with E-state index in [0.29, 0.717) is 6.54 Å². The van der Waals surface area contributed by atoms with Crippen molar-refractivity contribution < 1.29 is 0 Å². The van der Waals surface area contributed by atoms with E-state index in [4.69, 9.17) is 0 Å². The van der Waals surface area contributed by atoms with E-state index in [-0.39, 0.29) is 0 Å². The van der Waals surface area contributed by atoms with Gasteiger partial charge >= 0.3 is 0 Å². The normalized spacial score (nSPS) is 16.4. The summed E-state index contributed by atoms with van der Waals surface area (Å²) in [5, 5.41) is 7.47. The Kier molecular flexibility index (Phi) is 5.43. The molecule has 0 amide bonds. The van der Waals surface area contributed by atoms with Crippen molar-refractivity contribution in [2.45, 2.75) is 13.1 Å². The first-order chi connectivity index (χ1) is 11.8. The average Bonchev–Trinajstić information content (AvgIpc) is 3.03. The number of aryl methyl sites for hydroxylation is 1. The highest BCUT2D eigenvalue weighted by Crippen LogP contribution is 2.08. The molecule has 1 aromatic heterocycles. The van der Waals surface area contributed by atoms with Crippen LogP contribution in [-0.4, -0.2) is 63.8 Å². The number of guanidine groups is 1. The van der Waals surface area contributed by atoms with Gasteiger partial charge in [-0.05, 0) is 5.56 Å². The first-order valence-electron chi connectivity index (χ1n) is 8.31. The molecule has 0 atom stereocenters. The molecule has 1 N–H and O–H groups in total. The van der Waals surface area contributed by atoms with E-state index in [0.717, 1.165) is 44.5 Å². The molecule has 0 bridgehead atoms. The van der Waals surface area contributed by atoms with Crippen LogP contribution < -0.4 is 5.32 Å². The van der Waals surface area contributed by atoms with E-state index < -0.39 is 0 Å². The lowest BCUT2D eigenvalue weighted by molar-refractivity contribution is 0.172. The Labute approximate surface area is 143 Å². The summed E-state index contributed by atoms with van der Waals surface area (Å²) in [6, 6.07) is 10.6. The predicted molar refractivity (Wildman–Crippen MR) is 94.5 cm³/mol. The number of hydrogen-bond acceptors (Lipinski definition) is 4. The molecule has 2 aromatic rings. The SMILES string of the molecule is CN=C(NCc1ncnn1C)N1CCN(Cc2ccccc2)CC1. The van der Waals surface area contributed by atoms with Crippen LogP contribution in [0.15, 0.2) is 41.7 Å². The molecule has 1 aliphatic heterocycles. The number of aromatic nitrogens is 3. The fourth-order valence-corrected chi connectivity index (χ4v) is 2.93. The van der Waals surface area contributed by atoms with Crippen molar-refractivity contribution >= 4 is 5.96 Å². The minimum atomic E-state index is 0.632. The monoisotopic (exact) mass is 327 g/mol. The van der Waals surface area contributed by atoms with Crippen LogP contribution in [0, 0.1) is 0 Å². The molecule has 0 spiro atoms. The zero-order valence-electron chi connectivity index (χ0n) is 14.4. The molecular formula is C17H25N7. The van der Waals surface area contributed by atoms with E-state index in [1.165, 1.54) is 5.56 Å². The second-order valence-corrected chi connectivity index (χ2v) is 5.95. The highest BCUT2D eigenvalue weighted by atomic mass is 15.4. The summed E-state index contributed by atoms with van der Waals surface area (Å²) in [6.07, 6.45) is 1.57. The quantitative estimate of drug-likeness (QED) is 0.662. The highest BCUT2D eigenvalue weighted by molar-refractivity contribution is 5.79. The lowest BCUT2D eigenvalue weighted by Gasteiger charge is -2.36. The maximum atomic E-state index is 4.41. The second kappa shape index (κ2) is 7.92. The van der Waals surface area contributed by atoms with Crippen molar-refractivity contribution in [3.63, 3.8) is 0 Å². The first-order valence-corrected chi connectivity index (χ1v) is 8.31. The molecule has 2 heterocycles. The Bertz CT molecular complexity index is 657. The summed E-state index contributed by atoms with van der Waals surface area (Å²) in [7, 11) is 3.73. The molecule has 1 fully saturated rings. The van der Waals surface area contributed by atoms with E-state index in [2.05, 4.69) is 60.5 Å². The number of rotatable bonds is 4. The fraction of sp³-hybridized carbons (Fsp3) is 0.471. The Morgan fingerprint density at radius 3 is 2.54 bits per heavy atom. The summed E-state index contributed by atoms with van der Waals surface area (Å²) < 4.78 is 1.78. The Balaban J connectivity index is 1.48. The van der Waals surface area contributed by atoms with Crippen molar-refractivity contribution in [2.24, 2.45) is 12.0 Å². The Morgan fingerprint density at radius 2 is 1.92 bits per heavy atom. The lowest BCUT2D eigenvalue weighted by Crippen LogP contribution is -2.52. The molecule has 0 saturated carbocycles. The van der Waals surface area contributed by atoms with Crippen molar-refractivity contribution in [3.05, 3.63) is 48.0 Å². The smallest absolute Gasteiger partial charge is 0.194 e. The minimum absolute atomic E-state index is 0.632. The summed E-state index contributed by atoms with van der Waals surface area (Å²) in [6.45, 7) is 5.68. The van der Waals surface area contributed by atoms with Crippen LogP contribution in [0.3, 0.4) is 0 Å². The number of nitrogens with zero attached hydrogens (tertiary/aromatic N) is 6. The van der Waals surface area contributed by atoms with Gasteiger partial charge in [0.1, 0.15) is 12.2 Å². The second-order valence-electron chi connectivity index (χ2n) is 5.95. The number of aliphatic imine (C=N–C) groups is 1. The molecule has 7 heteroatoms. The molecule has 0 unspecified atom stereocenters. The third-order valence-corrected chi connectivity index (χ3v) is 4.34. The van der Waals surface area contributed by atoms with Crippen LogP contribution in [0.4, 0.5) is 0 Å². The van der Waals surface area contributed by atoms with E-state index in [1.807, 2.05) is 14.1 Å². The maximum Gasteiger partial charge on any atom is 0.194 e. The van der Waals surface area contributed by atoms with Crippen LogP contribution in [0.25, 0.3) is 0 Å². The zero-order chi connectivity index (χ0) is 16.8. The van der Waals surface area contributed by atoms with Gasteiger partial charge in [-0.15, -0.1) is 0 Å². The van der Waals surface area contributed by atoms with Crippen molar-refractivity contribution in [1.82, 2.24) is 29.9 Å². The summed E-state index contributed by atoms with van der Waals surface area (Å²) in [5.41, 5.74) is 1.37. The molecule has 7 nitrogen and oxygen atoms in total. The van der Waals surface area contributed by atoms with Gasteiger partial charge in [0.05, 0.1) is 6.54 Å². The number of nitrogens with one attached hydrogen (secondary N) is 1. The zero-order valence-corrected chi connectivity index (χ0v) is 14.4. The fourth-order valence-electron chi connectivity index (χ4n) is 2.93. The number of hydrogen-bond donors (Lipinski definition) is 1. The van der Waals surface area contributed by atoms with Gasteiger partial charge in [0, 0.05) is 46.8 Å². The maximum absolute atomic E-state index is 4.41. The average molecular weight is 327 g/mol. The summed E-state index contributed by atoms with van der Waals surface area (Å²) >= 11 is 0. The van der Waals surface area contributed by atoms with Gasteiger partial charge < -0.3 is 10.2 Å². The van der Waals surface area contributed by atoms with E-state index in [9.17, 15) is 0 Å². The molecule has 0 radical (unpaired) electrons. The third-order valence-electron chi connectivity index (χ3n) is 4.34. The number of benzene rings is 1. The molecular weight excluding hydrogens is 302 g/mol. The van der Waals surface area contributed by atoms with Crippen LogP contribution in [0.2, 0.25) is 0 Å². The molecule has 128 valence electrons. The van der Waals surface area contributed by atoms with Crippen LogP contribution in [-0.2, 0) is 20.1 Å². The summed E-state index contributed by atoms with van der Waals surface area (Å²) in [5.74, 6) is 1.83. The van der Waals surface area contributed by atoms with Gasteiger partial charge in [-0.25, -0.2) is 4.98 Å². The molecule has 3 rings (SSSR count). The Hall–Kier alpha value is -2.41. The van der Waals surface area contributed by atoms with E-state index in [1.54, 1.807) is 11.0 Å². The topological polar surface area (TPSA) is 61.6 Å². The van der Waals surface area contributed by atoms with Crippen LogP contribution >= 0.6 is 0 Å². The van der Waals surface area contributed by atoms with Crippen molar-refractivity contribution in [3.8, 4) is 0 Å². The molecule has 0 aliphatic carbocycles. The number of piperazine rings is 1. The van der Waals surface area contributed by atoms with Gasteiger partial charge in [-0.1, -0.05) is 30.3 Å².